The predicted molar refractivity (Wildman–Crippen MR) is 160 cm³/mol. The number of likely N-dealkylation sites (tertiary alicyclic amines) is 1. The Labute approximate surface area is 248 Å². The molecule has 0 bridgehead atoms. The number of pyridine rings is 1. The van der Waals surface area contributed by atoms with Crippen molar-refractivity contribution in [2.24, 2.45) is 20.0 Å². The minimum atomic E-state index is -1.22. The van der Waals surface area contributed by atoms with Crippen molar-refractivity contribution >= 4 is 23.1 Å². The van der Waals surface area contributed by atoms with Crippen molar-refractivity contribution in [3.8, 4) is 5.88 Å². The summed E-state index contributed by atoms with van der Waals surface area (Å²) in [5.41, 5.74) is -0.344. The molecule has 1 aliphatic heterocycles. The Kier molecular flexibility index (Phi) is 7.74. The van der Waals surface area contributed by atoms with E-state index in [1.165, 1.54) is 32.0 Å². The largest absolute Gasteiger partial charge is 0.481 e. The summed E-state index contributed by atoms with van der Waals surface area (Å²) in [6, 6.07) is 11.2. The maximum atomic E-state index is 13.8. The molecule has 11 heteroatoms. The number of halogens is 1. The summed E-state index contributed by atoms with van der Waals surface area (Å²) >= 11 is 6.60. The van der Waals surface area contributed by atoms with Crippen LogP contribution in [0.3, 0.4) is 0 Å². The molecule has 3 aromatic rings. The molecule has 1 aliphatic carbocycles. The van der Waals surface area contributed by atoms with Crippen LogP contribution in [0.15, 0.2) is 70.4 Å². The van der Waals surface area contributed by atoms with E-state index in [2.05, 4.69) is 10.2 Å². The predicted octanol–water partition coefficient (Wildman–Crippen LogP) is 2.62. The lowest BCUT2D eigenvalue weighted by atomic mass is 9.72. The third-order valence-electron chi connectivity index (χ3n) is 8.06. The molecule has 1 amide bonds. The molecule has 10 nitrogen and oxygen atoms in total. The van der Waals surface area contributed by atoms with Gasteiger partial charge in [0.15, 0.2) is 0 Å². The number of aromatic nitrogens is 3. The summed E-state index contributed by atoms with van der Waals surface area (Å²) in [6.45, 7) is 5.38. The van der Waals surface area contributed by atoms with Crippen LogP contribution < -0.4 is 21.3 Å². The number of amides is 1. The van der Waals surface area contributed by atoms with Crippen LogP contribution in [0.4, 0.5) is 0 Å². The van der Waals surface area contributed by atoms with Crippen molar-refractivity contribution < 1.29 is 14.6 Å². The number of methoxy groups -OCH3 is 1. The van der Waals surface area contributed by atoms with E-state index in [9.17, 15) is 19.5 Å². The van der Waals surface area contributed by atoms with E-state index in [-0.39, 0.29) is 5.56 Å². The van der Waals surface area contributed by atoms with Gasteiger partial charge in [-0.15, -0.1) is 0 Å². The number of β-amino-alcohol motifs (C(OH)–C–C–N with tert-alkyl or cyclic N) is 1. The maximum Gasteiger partial charge on any atom is 0.330 e. The van der Waals surface area contributed by atoms with Gasteiger partial charge < -0.3 is 19.7 Å². The normalized spacial score (nSPS) is 21.4. The lowest BCUT2D eigenvalue weighted by molar-refractivity contribution is -0.0873. The Bertz CT molecular complexity index is 1730. The van der Waals surface area contributed by atoms with Crippen LogP contribution in [0.1, 0.15) is 41.0 Å². The molecule has 42 heavy (non-hydrogen) atoms. The molecule has 1 fully saturated rings. The highest BCUT2D eigenvalue weighted by Gasteiger charge is 2.44. The smallest absolute Gasteiger partial charge is 0.330 e. The van der Waals surface area contributed by atoms with Gasteiger partial charge in [0.1, 0.15) is 11.1 Å². The molecule has 2 atom stereocenters. The Morgan fingerprint density at radius 2 is 1.90 bits per heavy atom. The highest BCUT2D eigenvalue weighted by molar-refractivity contribution is 6.32. The highest BCUT2D eigenvalue weighted by atomic mass is 35.5. The van der Waals surface area contributed by atoms with Crippen LogP contribution in [0.2, 0.25) is 5.02 Å². The van der Waals surface area contributed by atoms with Gasteiger partial charge in [-0.1, -0.05) is 61.0 Å². The van der Waals surface area contributed by atoms with Gasteiger partial charge in [0, 0.05) is 56.4 Å². The molecular weight excluding hydrogens is 558 g/mol. The highest BCUT2D eigenvalue weighted by Crippen LogP contribution is 2.44. The second-order valence-corrected chi connectivity index (χ2v) is 11.7. The number of carbonyl (C=O) groups is 1. The summed E-state index contributed by atoms with van der Waals surface area (Å²) in [5, 5.41) is 13.8. The van der Waals surface area contributed by atoms with Gasteiger partial charge in [0.2, 0.25) is 5.88 Å². The number of rotatable bonds is 7. The van der Waals surface area contributed by atoms with Crippen LogP contribution in [0, 0.1) is 5.92 Å². The number of ether oxygens (including phenoxy) is 1. The number of aliphatic hydroxyl groups is 1. The van der Waals surface area contributed by atoms with Gasteiger partial charge in [-0.2, -0.15) is 0 Å². The van der Waals surface area contributed by atoms with Gasteiger partial charge in [-0.25, -0.2) is 9.78 Å². The van der Waals surface area contributed by atoms with Gasteiger partial charge in [-0.05, 0) is 30.2 Å². The zero-order valence-electron chi connectivity index (χ0n) is 24.2. The molecule has 0 radical (unpaired) electrons. The van der Waals surface area contributed by atoms with Crippen molar-refractivity contribution in [1.82, 2.24) is 24.3 Å². The minimum absolute atomic E-state index is 0.179. The van der Waals surface area contributed by atoms with Gasteiger partial charge in [0.25, 0.3) is 11.5 Å². The van der Waals surface area contributed by atoms with Crippen molar-refractivity contribution in [3.05, 3.63) is 109 Å². The number of nitrogens with one attached hydrogen (secondary N) is 1. The molecule has 2 aliphatic rings. The van der Waals surface area contributed by atoms with Gasteiger partial charge >= 0.3 is 5.69 Å². The van der Waals surface area contributed by atoms with Crippen LogP contribution in [0.25, 0.3) is 5.57 Å². The van der Waals surface area contributed by atoms with E-state index in [1.807, 2.05) is 55.5 Å². The molecule has 2 N–H and O–H groups in total. The molecular formula is C31H34ClN5O5. The van der Waals surface area contributed by atoms with E-state index < -0.39 is 34.2 Å². The Morgan fingerprint density at radius 1 is 1.19 bits per heavy atom. The lowest BCUT2D eigenvalue weighted by Gasteiger charge is -2.44. The van der Waals surface area contributed by atoms with E-state index in [0.29, 0.717) is 36.2 Å². The van der Waals surface area contributed by atoms with Crippen molar-refractivity contribution in [3.63, 3.8) is 0 Å². The number of hydrogen-bond acceptors (Lipinski definition) is 7. The minimum Gasteiger partial charge on any atom is -0.481 e. The molecule has 3 heterocycles. The number of aryl methyl sites for hydroxylation is 1. The second kappa shape index (κ2) is 11.0. The molecule has 220 valence electrons. The number of benzene rings is 1. The summed E-state index contributed by atoms with van der Waals surface area (Å²) in [4.78, 5) is 46.1. The zero-order chi connectivity index (χ0) is 30.4. The average Bonchev–Trinajstić information content (AvgIpc) is 2.94. The van der Waals surface area contributed by atoms with Crippen molar-refractivity contribution in [1.29, 1.82) is 0 Å². The van der Waals surface area contributed by atoms with Gasteiger partial charge in [0.05, 0.1) is 18.4 Å². The van der Waals surface area contributed by atoms with Crippen LogP contribution >= 0.6 is 11.6 Å². The van der Waals surface area contributed by atoms with Crippen LogP contribution in [0.5, 0.6) is 5.88 Å². The number of hydrogen-bond donors (Lipinski definition) is 2. The summed E-state index contributed by atoms with van der Waals surface area (Å²) in [5.74, 6) is -0.660. The summed E-state index contributed by atoms with van der Waals surface area (Å²) < 4.78 is 7.80. The fourth-order valence-electron chi connectivity index (χ4n) is 5.86. The fraction of sp³-hybridized carbons (Fsp3) is 0.355. The van der Waals surface area contributed by atoms with E-state index in [4.69, 9.17) is 21.3 Å². The molecule has 0 spiro atoms. The SMILES string of the molecule is COc1nc(C2(NC(=O)c3cn(C)c(=O)n(C)c3=O)C=CC=C(c3ccccc3Cl)C2C)ccc1CN1CC(C)(O)C1. The number of nitrogens with zero attached hydrogens (tertiary/aromatic N) is 4. The van der Waals surface area contributed by atoms with Crippen molar-refractivity contribution in [2.45, 2.75) is 31.5 Å². The number of carbonyl (C=O) groups excluding carboxylic acids is 1. The zero-order valence-corrected chi connectivity index (χ0v) is 25.0. The Hall–Kier alpha value is -3.99. The first kappa shape index (κ1) is 29.5. The number of allylic oxidation sites excluding steroid dienone is 2. The van der Waals surface area contributed by atoms with E-state index in [0.717, 1.165) is 21.3 Å². The summed E-state index contributed by atoms with van der Waals surface area (Å²) in [7, 11) is 4.36. The third kappa shape index (κ3) is 5.21. The molecule has 2 aromatic heterocycles. The van der Waals surface area contributed by atoms with Crippen LogP contribution in [-0.4, -0.2) is 55.8 Å². The first-order valence-corrected chi connectivity index (χ1v) is 14.0. The third-order valence-corrected chi connectivity index (χ3v) is 8.39. The molecule has 5 rings (SSSR count). The Balaban J connectivity index is 1.60. The lowest BCUT2D eigenvalue weighted by Crippen LogP contribution is -2.59. The molecule has 0 saturated carbocycles. The first-order chi connectivity index (χ1) is 19.9. The van der Waals surface area contributed by atoms with Crippen LogP contribution in [-0.2, 0) is 26.2 Å². The van der Waals surface area contributed by atoms with E-state index >= 15 is 0 Å². The van der Waals surface area contributed by atoms with Crippen molar-refractivity contribution in [2.75, 3.05) is 20.2 Å². The maximum absolute atomic E-state index is 13.8. The summed E-state index contributed by atoms with van der Waals surface area (Å²) in [6.07, 6.45) is 6.87. The molecule has 2 unspecified atom stereocenters. The standard InChI is InChI=1S/C31H34ClN5O5/c1-19-21(22-9-6-7-11-24(22)32)10-8-14-31(19,34-26(38)23-16-35(3)29(40)36(4)28(23)39)25-13-12-20(27(33-25)42-5)15-37-17-30(2,41)18-37/h6-14,16,19,41H,15,17-18H2,1-5H3,(H,34,38). The topological polar surface area (TPSA) is 119 Å². The molecule has 1 aromatic carbocycles. The monoisotopic (exact) mass is 591 g/mol. The molecule has 1 saturated heterocycles. The van der Waals surface area contributed by atoms with Gasteiger partial charge in [-0.3, -0.25) is 19.1 Å². The Morgan fingerprint density at radius 3 is 2.57 bits per heavy atom. The first-order valence-electron chi connectivity index (χ1n) is 13.6. The second-order valence-electron chi connectivity index (χ2n) is 11.3. The quantitative estimate of drug-likeness (QED) is 0.434. The van der Waals surface area contributed by atoms with E-state index in [1.54, 1.807) is 13.0 Å². The average molecular weight is 592 g/mol. The fourth-order valence-corrected chi connectivity index (χ4v) is 6.11.